The number of carbonyl (C=O) groups is 2. The molecule has 184 valence electrons. The highest BCUT2D eigenvalue weighted by molar-refractivity contribution is 6.35. The fourth-order valence-corrected chi connectivity index (χ4v) is 3.96. The molecule has 3 rings (SSSR count). The third-order valence-electron chi connectivity index (χ3n) is 5.85. The van der Waals surface area contributed by atoms with Gasteiger partial charge < -0.3 is 20.3 Å². The van der Waals surface area contributed by atoms with Crippen LogP contribution in [0.3, 0.4) is 0 Å². The minimum absolute atomic E-state index is 0.107. The van der Waals surface area contributed by atoms with Gasteiger partial charge in [-0.1, -0.05) is 38.1 Å². The highest BCUT2D eigenvalue weighted by Gasteiger charge is 2.35. The van der Waals surface area contributed by atoms with Crippen LogP contribution >= 0.6 is 0 Å². The normalized spacial score (nSPS) is 17.9. The summed E-state index contributed by atoms with van der Waals surface area (Å²) in [5.41, 5.74) is 1.50. The van der Waals surface area contributed by atoms with E-state index in [0.717, 1.165) is 11.3 Å². The van der Waals surface area contributed by atoms with Crippen molar-refractivity contribution in [2.75, 3.05) is 26.4 Å². The van der Waals surface area contributed by atoms with Crippen molar-refractivity contribution in [1.29, 1.82) is 0 Å². The maximum atomic E-state index is 13.7. The van der Waals surface area contributed by atoms with Crippen molar-refractivity contribution in [2.45, 2.75) is 39.4 Å². The van der Waals surface area contributed by atoms with Gasteiger partial charge in [0.15, 0.2) is 0 Å². The number of halogens is 2. The van der Waals surface area contributed by atoms with Crippen LogP contribution in [0.25, 0.3) is 0 Å². The van der Waals surface area contributed by atoms with E-state index in [0.29, 0.717) is 37.6 Å². The molecule has 1 fully saturated rings. The molecule has 1 heterocycles. The first-order chi connectivity index (χ1) is 16.4. The van der Waals surface area contributed by atoms with Crippen LogP contribution in [0.15, 0.2) is 48.5 Å². The van der Waals surface area contributed by atoms with E-state index in [1.54, 1.807) is 12.1 Å². The fraction of sp³-hybridized carbons (Fsp3) is 0.462. The van der Waals surface area contributed by atoms with E-state index in [4.69, 9.17) is 4.74 Å². The number of hydrogen-bond acceptors (Lipinski definition) is 4. The minimum Gasteiger partial charge on any atom is -0.493 e. The fourth-order valence-electron chi connectivity index (χ4n) is 3.96. The molecule has 34 heavy (non-hydrogen) atoms. The summed E-state index contributed by atoms with van der Waals surface area (Å²) in [4.78, 5) is 27.4. The number of piperidine rings is 1. The molecule has 2 aromatic rings. The van der Waals surface area contributed by atoms with E-state index in [2.05, 4.69) is 24.5 Å². The third kappa shape index (κ3) is 7.25. The molecular formula is C26H33F2N3O3. The van der Waals surface area contributed by atoms with Gasteiger partial charge in [0.05, 0.1) is 13.3 Å². The Morgan fingerprint density at radius 1 is 1.12 bits per heavy atom. The first-order valence-corrected chi connectivity index (χ1v) is 11.7. The maximum Gasteiger partial charge on any atom is 0.312 e. The Hall–Kier alpha value is -3.00. The molecule has 0 unspecified atom stereocenters. The Morgan fingerprint density at radius 2 is 1.79 bits per heavy atom. The third-order valence-corrected chi connectivity index (χ3v) is 5.85. The summed E-state index contributed by atoms with van der Waals surface area (Å²) < 4.78 is 32.7. The van der Waals surface area contributed by atoms with Crippen LogP contribution in [0.5, 0.6) is 5.75 Å². The molecule has 0 bridgehead atoms. The molecular weight excluding hydrogens is 440 g/mol. The zero-order valence-electron chi connectivity index (χ0n) is 19.7. The second-order valence-corrected chi connectivity index (χ2v) is 9.07. The molecule has 2 atom stereocenters. The lowest BCUT2D eigenvalue weighted by Crippen LogP contribution is -2.55. The Bertz CT molecular complexity index is 935. The van der Waals surface area contributed by atoms with Gasteiger partial charge in [-0.2, -0.15) is 0 Å². The lowest BCUT2D eigenvalue weighted by molar-refractivity contribution is -0.149. The van der Waals surface area contributed by atoms with Gasteiger partial charge in [0.2, 0.25) is 0 Å². The summed E-state index contributed by atoms with van der Waals surface area (Å²) in [5.74, 6) is -1.11. The van der Waals surface area contributed by atoms with Crippen molar-refractivity contribution in [3.63, 3.8) is 0 Å². The molecule has 1 saturated heterocycles. The van der Waals surface area contributed by atoms with Crippen LogP contribution in [0, 0.1) is 17.7 Å². The summed E-state index contributed by atoms with van der Waals surface area (Å²) >= 11 is 0. The van der Waals surface area contributed by atoms with E-state index < -0.39 is 30.4 Å². The summed E-state index contributed by atoms with van der Waals surface area (Å²) in [5, 5.41) is 5.81. The van der Waals surface area contributed by atoms with Crippen LogP contribution in [-0.4, -0.2) is 49.1 Å². The van der Waals surface area contributed by atoms with E-state index in [1.165, 1.54) is 17.0 Å². The molecule has 6 nitrogen and oxygen atoms in total. The second kappa shape index (κ2) is 12.5. The number of benzene rings is 2. The standard InChI is InChI=1S/C26H33F2N3O3/c1-18(2)17-34-23-9-5-19(6-10-23)14-30-25(32)26(33)31(16-20-3-7-22(28)8-4-20)24-11-12-29-15-21(24)13-27/h3-10,18,21,24,29H,11-17H2,1-2H3,(H,30,32)/t21-,24+/m1/s1. The van der Waals surface area contributed by atoms with E-state index >= 15 is 0 Å². The minimum atomic E-state index is -0.751. The highest BCUT2D eigenvalue weighted by Crippen LogP contribution is 2.22. The second-order valence-electron chi connectivity index (χ2n) is 9.07. The van der Waals surface area contributed by atoms with Gasteiger partial charge in [-0.05, 0) is 54.3 Å². The van der Waals surface area contributed by atoms with Crippen LogP contribution in [0.2, 0.25) is 0 Å². The van der Waals surface area contributed by atoms with Crippen LogP contribution in [0.4, 0.5) is 8.78 Å². The van der Waals surface area contributed by atoms with Gasteiger partial charge in [0.25, 0.3) is 0 Å². The van der Waals surface area contributed by atoms with Crippen molar-refractivity contribution in [2.24, 2.45) is 11.8 Å². The summed E-state index contributed by atoms with van der Waals surface area (Å²) in [6.45, 7) is 5.50. The van der Waals surface area contributed by atoms with Gasteiger partial charge in [-0.15, -0.1) is 0 Å². The lowest BCUT2D eigenvalue weighted by Gasteiger charge is -2.39. The number of alkyl halides is 1. The van der Waals surface area contributed by atoms with Gasteiger partial charge in [0, 0.05) is 31.6 Å². The summed E-state index contributed by atoms with van der Waals surface area (Å²) in [6.07, 6.45) is 0.534. The average Bonchev–Trinajstić information content (AvgIpc) is 2.85. The number of rotatable bonds is 9. The SMILES string of the molecule is CC(C)COc1ccc(CNC(=O)C(=O)N(Cc2ccc(F)cc2)[C@H]2CCNC[C@H]2CF)cc1. The van der Waals surface area contributed by atoms with Crippen LogP contribution in [0.1, 0.15) is 31.4 Å². The first kappa shape index (κ1) is 25.6. The Balaban J connectivity index is 1.67. The molecule has 0 aliphatic carbocycles. The molecule has 2 N–H and O–H groups in total. The quantitative estimate of drug-likeness (QED) is 0.548. The molecule has 0 saturated carbocycles. The smallest absolute Gasteiger partial charge is 0.312 e. The van der Waals surface area contributed by atoms with Crippen molar-refractivity contribution in [3.05, 3.63) is 65.5 Å². The predicted octanol–water partition coefficient (Wildman–Crippen LogP) is 3.45. The van der Waals surface area contributed by atoms with Gasteiger partial charge in [-0.3, -0.25) is 14.0 Å². The number of nitrogens with zero attached hydrogens (tertiary/aromatic N) is 1. The van der Waals surface area contributed by atoms with Crippen LogP contribution in [-0.2, 0) is 22.7 Å². The van der Waals surface area contributed by atoms with E-state index in [-0.39, 0.29) is 18.9 Å². The molecule has 1 aliphatic heterocycles. The Kier molecular flexibility index (Phi) is 9.39. The number of hydrogen-bond donors (Lipinski definition) is 2. The van der Waals surface area contributed by atoms with E-state index in [9.17, 15) is 18.4 Å². The predicted molar refractivity (Wildman–Crippen MR) is 126 cm³/mol. The lowest BCUT2D eigenvalue weighted by atomic mass is 9.92. The largest absolute Gasteiger partial charge is 0.493 e. The Labute approximate surface area is 199 Å². The number of carbonyl (C=O) groups excluding carboxylic acids is 2. The molecule has 0 aromatic heterocycles. The molecule has 2 aromatic carbocycles. The molecule has 0 spiro atoms. The topological polar surface area (TPSA) is 70.7 Å². The number of ether oxygens (including phenoxy) is 1. The molecule has 1 aliphatic rings. The maximum absolute atomic E-state index is 13.7. The number of amides is 2. The summed E-state index contributed by atoms with van der Waals surface area (Å²) in [6, 6.07) is 12.7. The average molecular weight is 474 g/mol. The Morgan fingerprint density at radius 3 is 2.44 bits per heavy atom. The van der Waals surface area contributed by atoms with Crippen molar-refractivity contribution < 1.29 is 23.1 Å². The monoisotopic (exact) mass is 473 g/mol. The highest BCUT2D eigenvalue weighted by atomic mass is 19.1. The van der Waals surface area contributed by atoms with Crippen molar-refractivity contribution in [1.82, 2.24) is 15.5 Å². The molecule has 8 heteroatoms. The van der Waals surface area contributed by atoms with Gasteiger partial charge in [0.1, 0.15) is 11.6 Å². The molecule has 2 amide bonds. The summed E-state index contributed by atoms with van der Waals surface area (Å²) in [7, 11) is 0. The molecule has 0 radical (unpaired) electrons. The first-order valence-electron chi connectivity index (χ1n) is 11.7. The van der Waals surface area contributed by atoms with E-state index in [1.807, 2.05) is 24.3 Å². The van der Waals surface area contributed by atoms with Crippen molar-refractivity contribution in [3.8, 4) is 5.75 Å². The van der Waals surface area contributed by atoms with Crippen molar-refractivity contribution >= 4 is 11.8 Å². The zero-order chi connectivity index (χ0) is 24.5. The van der Waals surface area contributed by atoms with Gasteiger partial charge >= 0.3 is 11.8 Å². The number of nitrogens with one attached hydrogen (secondary N) is 2. The zero-order valence-corrected chi connectivity index (χ0v) is 19.7. The van der Waals surface area contributed by atoms with Gasteiger partial charge in [-0.25, -0.2) is 4.39 Å². The van der Waals surface area contributed by atoms with Crippen LogP contribution < -0.4 is 15.4 Å².